The summed E-state index contributed by atoms with van der Waals surface area (Å²) in [7, 11) is 0. The van der Waals surface area contributed by atoms with E-state index in [1.165, 1.54) is 0 Å². The van der Waals surface area contributed by atoms with Crippen molar-refractivity contribution < 1.29 is 5.11 Å². The third kappa shape index (κ3) is 7.61. The first-order chi connectivity index (χ1) is 13.2. The van der Waals surface area contributed by atoms with Crippen molar-refractivity contribution in [3.63, 3.8) is 0 Å². The summed E-state index contributed by atoms with van der Waals surface area (Å²) in [5, 5.41) is 16.2. The van der Waals surface area contributed by atoms with E-state index in [2.05, 4.69) is 33.0 Å². The molecular weight excluding hydrogens is 409 g/mol. The lowest BCUT2D eigenvalue weighted by Gasteiger charge is -2.30. The molecule has 0 saturated heterocycles. The zero-order chi connectivity index (χ0) is 20.7. The van der Waals surface area contributed by atoms with Gasteiger partial charge in [-0.25, -0.2) is 0 Å². The third-order valence-corrected chi connectivity index (χ3v) is 6.44. The molecule has 2 N–H and O–H groups in total. The second-order valence-electron chi connectivity index (χ2n) is 8.05. The molecule has 2 nitrogen and oxygen atoms in total. The maximum absolute atomic E-state index is 11.2. The van der Waals surface area contributed by atoms with E-state index in [1.54, 1.807) is 0 Å². The number of benzene rings is 2. The second kappa shape index (κ2) is 10.9. The number of rotatable bonds is 9. The van der Waals surface area contributed by atoms with Crippen molar-refractivity contribution in [2.45, 2.75) is 63.5 Å². The van der Waals surface area contributed by atoms with Gasteiger partial charge in [0.2, 0.25) is 0 Å². The second-order valence-corrected chi connectivity index (χ2v) is 10.8. The SMILES string of the molecule is CC[C@@H](CCSC(C)(C)C)N[C@H](c1ccc(Cl)cc1)C(O)c1cccc(Cl)c1. The molecule has 28 heavy (non-hydrogen) atoms. The highest BCUT2D eigenvalue weighted by Crippen LogP contribution is 2.32. The topological polar surface area (TPSA) is 32.3 Å². The molecule has 0 aliphatic heterocycles. The van der Waals surface area contributed by atoms with Crippen LogP contribution >= 0.6 is 35.0 Å². The highest BCUT2D eigenvalue weighted by Gasteiger charge is 2.25. The Balaban J connectivity index is 2.21. The third-order valence-electron chi connectivity index (χ3n) is 4.64. The highest BCUT2D eigenvalue weighted by molar-refractivity contribution is 8.00. The van der Waals surface area contributed by atoms with Gasteiger partial charge in [-0.1, -0.05) is 75.2 Å². The lowest BCUT2D eigenvalue weighted by molar-refractivity contribution is 0.120. The van der Waals surface area contributed by atoms with Crippen molar-refractivity contribution in [2.24, 2.45) is 0 Å². The Labute approximate surface area is 184 Å². The number of aliphatic hydroxyl groups excluding tert-OH is 1. The predicted molar refractivity (Wildman–Crippen MR) is 125 cm³/mol. The number of nitrogens with one attached hydrogen (secondary N) is 1. The van der Waals surface area contributed by atoms with Crippen molar-refractivity contribution in [1.29, 1.82) is 0 Å². The van der Waals surface area contributed by atoms with E-state index < -0.39 is 6.10 Å². The van der Waals surface area contributed by atoms with Crippen molar-refractivity contribution >= 4 is 35.0 Å². The van der Waals surface area contributed by atoms with Gasteiger partial charge in [0.15, 0.2) is 0 Å². The van der Waals surface area contributed by atoms with Gasteiger partial charge in [-0.3, -0.25) is 0 Å². The van der Waals surface area contributed by atoms with Crippen LogP contribution in [0.25, 0.3) is 0 Å². The molecule has 0 aliphatic rings. The number of hydrogen-bond donors (Lipinski definition) is 2. The first-order valence-electron chi connectivity index (χ1n) is 9.78. The summed E-state index contributed by atoms with van der Waals surface area (Å²) >= 11 is 14.2. The first kappa shape index (κ1) is 23.6. The van der Waals surface area contributed by atoms with Crippen LogP contribution in [0, 0.1) is 0 Å². The largest absolute Gasteiger partial charge is 0.386 e. The van der Waals surface area contributed by atoms with E-state index >= 15 is 0 Å². The Morgan fingerprint density at radius 2 is 1.68 bits per heavy atom. The van der Waals surface area contributed by atoms with Crippen molar-refractivity contribution in [1.82, 2.24) is 5.32 Å². The lowest BCUT2D eigenvalue weighted by Crippen LogP contribution is -2.36. The number of hydrogen-bond acceptors (Lipinski definition) is 3. The quantitative estimate of drug-likeness (QED) is 0.438. The molecule has 0 fully saturated rings. The van der Waals surface area contributed by atoms with Crippen LogP contribution in [0.5, 0.6) is 0 Å². The van der Waals surface area contributed by atoms with Crippen LogP contribution in [0.15, 0.2) is 48.5 Å². The summed E-state index contributed by atoms with van der Waals surface area (Å²) in [6, 6.07) is 15.2. The summed E-state index contributed by atoms with van der Waals surface area (Å²) in [6.45, 7) is 8.91. The van der Waals surface area contributed by atoms with Crippen molar-refractivity contribution in [3.05, 3.63) is 69.7 Å². The maximum atomic E-state index is 11.2. The Morgan fingerprint density at radius 1 is 1.00 bits per heavy atom. The molecule has 0 amide bonds. The summed E-state index contributed by atoms with van der Waals surface area (Å²) in [4.78, 5) is 0. The monoisotopic (exact) mass is 439 g/mol. The average Bonchev–Trinajstić information content (AvgIpc) is 2.64. The van der Waals surface area contributed by atoms with Crippen molar-refractivity contribution in [2.75, 3.05) is 5.75 Å². The van der Waals surface area contributed by atoms with Gasteiger partial charge in [-0.15, -0.1) is 0 Å². The van der Waals surface area contributed by atoms with Crippen LogP contribution < -0.4 is 5.32 Å². The minimum absolute atomic E-state index is 0.236. The van der Waals surface area contributed by atoms with Crippen LogP contribution in [-0.2, 0) is 0 Å². The molecule has 0 aliphatic carbocycles. The average molecular weight is 440 g/mol. The van der Waals surface area contributed by atoms with Crippen LogP contribution in [-0.4, -0.2) is 21.6 Å². The fourth-order valence-electron chi connectivity index (χ4n) is 3.09. The highest BCUT2D eigenvalue weighted by atomic mass is 35.5. The molecule has 0 radical (unpaired) electrons. The van der Waals surface area contributed by atoms with Gasteiger partial charge in [0.25, 0.3) is 0 Å². The molecule has 2 rings (SSSR count). The lowest BCUT2D eigenvalue weighted by atomic mass is 9.94. The van der Waals surface area contributed by atoms with E-state index in [9.17, 15) is 5.11 Å². The molecule has 2 aromatic rings. The summed E-state index contributed by atoms with van der Waals surface area (Å²) in [6.07, 6.45) is 1.34. The van der Waals surface area contributed by atoms with Gasteiger partial charge in [0.1, 0.15) is 0 Å². The standard InChI is InChI=1S/C23H31Cl2NOS/c1-5-20(13-14-28-23(2,3)4)26-21(16-9-11-18(24)12-10-16)22(27)17-7-6-8-19(25)15-17/h6-12,15,20-22,26-27H,5,13-14H2,1-4H3/t20-,21+,22?/m0/s1. The minimum atomic E-state index is -0.704. The zero-order valence-electron chi connectivity index (χ0n) is 17.1. The predicted octanol–water partition coefficient (Wildman–Crippen LogP) is 7.06. The smallest absolute Gasteiger partial charge is 0.0985 e. The molecule has 0 spiro atoms. The number of aliphatic hydroxyl groups is 1. The summed E-state index contributed by atoms with van der Waals surface area (Å²) in [5.74, 6) is 1.08. The molecule has 3 atom stereocenters. The number of thioether (sulfide) groups is 1. The Kier molecular flexibility index (Phi) is 9.17. The van der Waals surface area contributed by atoms with E-state index in [-0.39, 0.29) is 10.8 Å². The van der Waals surface area contributed by atoms with Gasteiger partial charge in [0.05, 0.1) is 12.1 Å². The molecule has 0 bridgehead atoms. The molecular formula is C23H31Cl2NOS. The number of halogens is 2. The Hall–Kier alpha value is -0.710. The van der Waals surface area contributed by atoms with E-state index in [4.69, 9.17) is 23.2 Å². The van der Waals surface area contributed by atoms with Gasteiger partial charge in [0, 0.05) is 20.8 Å². The zero-order valence-corrected chi connectivity index (χ0v) is 19.4. The first-order valence-corrected chi connectivity index (χ1v) is 11.5. The molecule has 0 aromatic heterocycles. The van der Waals surface area contributed by atoms with Gasteiger partial charge < -0.3 is 10.4 Å². The van der Waals surface area contributed by atoms with Crippen LogP contribution in [0.3, 0.4) is 0 Å². The fraction of sp³-hybridized carbons (Fsp3) is 0.478. The molecule has 2 aromatic carbocycles. The van der Waals surface area contributed by atoms with E-state index in [1.807, 2.05) is 60.3 Å². The molecule has 0 heterocycles. The molecule has 1 unspecified atom stereocenters. The fourth-order valence-corrected chi connectivity index (χ4v) is 4.43. The Bertz CT molecular complexity index is 730. The molecule has 154 valence electrons. The summed E-state index contributed by atoms with van der Waals surface area (Å²) in [5.41, 5.74) is 1.82. The van der Waals surface area contributed by atoms with Crippen LogP contribution in [0.1, 0.15) is 63.8 Å². The van der Waals surface area contributed by atoms with Gasteiger partial charge in [-0.2, -0.15) is 11.8 Å². The molecule has 0 saturated carbocycles. The van der Waals surface area contributed by atoms with E-state index in [0.29, 0.717) is 16.1 Å². The Morgan fingerprint density at radius 3 is 2.25 bits per heavy atom. The molecule has 5 heteroatoms. The van der Waals surface area contributed by atoms with E-state index in [0.717, 1.165) is 29.7 Å². The van der Waals surface area contributed by atoms with Crippen LogP contribution in [0.4, 0.5) is 0 Å². The van der Waals surface area contributed by atoms with Crippen LogP contribution in [0.2, 0.25) is 10.0 Å². The normalized spacial score (nSPS) is 15.2. The van der Waals surface area contributed by atoms with Crippen molar-refractivity contribution in [3.8, 4) is 0 Å². The maximum Gasteiger partial charge on any atom is 0.0985 e. The van der Waals surface area contributed by atoms with Gasteiger partial charge >= 0.3 is 0 Å². The van der Waals surface area contributed by atoms with Gasteiger partial charge in [-0.05, 0) is 54.0 Å². The summed E-state index contributed by atoms with van der Waals surface area (Å²) < 4.78 is 0.258. The minimum Gasteiger partial charge on any atom is -0.386 e.